The average Bonchev–Trinajstić information content (AvgIpc) is 2.78. The summed E-state index contributed by atoms with van der Waals surface area (Å²) < 4.78 is 28.2. The van der Waals surface area contributed by atoms with Crippen LogP contribution in [0, 0.1) is 0 Å². The van der Waals surface area contributed by atoms with Crippen molar-refractivity contribution in [3.63, 3.8) is 0 Å². The van der Waals surface area contributed by atoms with Gasteiger partial charge >= 0.3 is 0 Å². The number of sulfonamides is 1. The maximum atomic E-state index is 12.0. The summed E-state index contributed by atoms with van der Waals surface area (Å²) in [4.78, 5) is 0.229. The van der Waals surface area contributed by atoms with Crippen molar-refractivity contribution in [2.24, 2.45) is 0 Å². The molecule has 0 saturated carbocycles. The van der Waals surface area contributed by atoms with Crippen LogP contribution in [0.5, 0.6) is 0 Å². The lowest BCUT2D eigenvalue weighted by molar-refractivity contribution is 0.552. The molecule has 0 aliphatic rings. The lowest BCUT2D eigenvalue weighted by Gasteiger charge is -2.10. The highest BCUT2D eigenvalue weighted by molar-refractivity contribution is 7.89. The molecule has 6 nitrogen and oxygen atoms in total. The summed E-state index contributed by atoms with van der Waals surface area (Å²) in [7, 11) is -1.55. The number of nitrogens with zero attached hydrogens (tertiary/aromatic N) is 2. The van der Waals surface area contributed by atoms with Gasteiger partial charge in [0.2, 0.25) is 10.0 Å². The number of rotatable bonds is 8. The minimum absolute atomic E-state index is 0.0670. The molecule has 0 saturated heterocycles. The third-order valence-electron chi connectivity index (χ3n) is 2.70. The Labute approximate surface area is 109 Å². The molecule has 0 amide bonds. The molecular formula is C11H22N4O2S. The molecule has 1 aromatic rings. The fraction of sp³-hybridized carbons (Fsp3) is 0.727. The molecule has 0 aliphatic carbocycles. The first-order valence-corrected chi connectivity index (χ1v) is 7.67. The van der Waals surface area contributed by atoms with Crippen LogP contribution in [0.15, 0.2) is 17.3 Å². The summed E-state index contributed by atoms with van der Waals surface area (Å²) in [6, 6.07) is -0.0670. The Hall–Kier alpha value is -0.920. The molecule has 1 aromatic heterocycles. The lowest BCUT2D eigenvalue weighted by Crippen LogP contribution is -2.31. The van der Waals surface area contributed by atoms with Gasteiger partial charge in [0.25, 0.3) is 0 Å². The Morgan fingerprint density at radius 2 is 2.22 bits per heavy atom. The first-order valence-electron chi connectivity index (χ1n) is 6.19. The van der Waals surface area contributed by atoms with Crippen LogP contribution < -0.4 is 10.0 Å². The van der Waals surface area contributed by atoms with Crippen molar-refractivity contribution >= 4 is 10.0 Å². The third kappa shape index (κ3) is 4.40. The number of hydrogen-bond acceptors (Lipinski definition) is 4. The van der Waals surface area contributed by atoms with Gasteiger partial charge in [0.1, 0.15) is 4.90 Å². The highest BCUT2D eigenvalue weighted by Crippen LogP contribution is 2.08. The minimum atomic E-state index is -3.43. The standard InChI is InChI=1S/C11H22N4O2S/c1-4-10(2)14-18(16,17)11-8-13-15(9-11)7-5-6-12-3/h8-10,12,14H,4-7H2,1-3H3. The smallest absolute Gasteiger partial charge is 0.243 e. The van der Waals surface area contributed by atoms with Crippen molar-refractivity contribution in [1.29, 1.82) is 0 Å². The number of aromatic nitrogens is 2. The Kier molecular flexibility index (Phi) is 5.77. The van der Waals surface area contributed by atoms with Gasteiger partial charge in [0, 0.05) is 18.8 Å². The molecule has 1 heterocycles. The Morgan fingerprint density at radius 1 is 1.50 bits per heavy atom. The van der Waals surface area contributed by atoms with Crippen molar-refractivity contribution in [3.8, 4) is 0 Å². The zero-order valence-corrected chi connectivity index (χ0v) is 12.0. The van der Waals surface area contributed by atoms with Gasteiger partial charge < -0.3 is 5.32 Å². The van der Waals surface area contributed by atoms with Crippen LogP contribution in [-0.4, -0.2) is 37.8 Å². The van der Waals surface area contributed by atoms with Gasteiger partial charge in [-0.25, -0.2) is 13.1 Å². The van der Waals surface area contributed by atoms with Crippen LogP contribution in [0.25, 0.3) is 0 Å². The Balaban J connectivity index is 2.66. The van der Waals surface area contributed by atoms with Crippen LogP contribution in [0.2, 0.25) is 0 Å². The Bertz CT molecular complexity index is 455. The van der Waals surface area contributed by atoms with E-state index in [1.807, 2.05) is 20.9 Å². The van der Waals surface area contributed by atoms with Crippen molar-refractivity contribution in [3.05, 3.63) is 12.4 Å². The largest absolute Gasteiger partial charge is 0.320 e. The van der Waals surface area contributed by atoms with Gasteiger partial charge in [0.15, 0.2) is 0 Å². The summed E-state index contributed by atoms with van der Waals surface area (Å²) in [6.45, 7) is 5.37. The average molecular weight is 274 g/mol. The van der Waals surface area contributed by atoms with Gasteiger partial charge in [-0.1, -0.05) is 6.92 Å². The second-order valence-corrected chi connectivity index (χ2v) is 6.04. The van der Waals surface area contributed by atoms with Gasteiger partial charge in [-0.3, -0.25) is 4.68 Å². The molecule has 1 atom stereocenters. The van der Waals surface area contributed by atoms with Crippen molar-refractivity contribution < 1.29 is 8.42 Å². The van der Waals surface area contributed by atoms with Crippen molar-refractivity contribution in [1.82, 2.24) is 19.8 Å². The molecule has 1 rings (SSSR count). The molecule has 104 valence electrons. The molecule has 18 heavy (non-hydrogen) atoms. The molecule has 0 aliphatic heterocycles. The SMILES string of the molecule is CCC(C)NS(=O)(=O)c1cnn(CCCNC)c1. The van der Waals surface area contributed by atoms with E-state index in [1.54, 1.807) is 10.9 Å². The van der Waals surface area contributed by atoms with E-state index in [4.69, 9.17) is 0 Å². The fourth-order valence-electron chi connectivity index (χ4n) is 1.44. The zero-order chi connectivity index (χ0) is 13.6. The molecule has 2 N–H and O–H groups in total. The highest BCUT2D eigenvalue weighted by Gasteiger charge is 2.18. The second-order valence-electron chi connectivity index (χ2n) is 4.33. The van der Waals surface area contributed by atoms with Crippen LogP contribution in [0.4, 0.5) is 0 Å². The first kappa shape index (κ1) is 15.1. The Morgan fingerprint density at radius 3 is 2.83 bits per heavy atom. The lowest BCUT2D eigenvalue weighted by atomic mass is 10.3. The van der Waals surface area contributed by atoms with E-state index in [9.17, 15) is 8.42 Å². The van der Waals surface area contributed by atoms with Crippen LogP contribution in [0.3, 0.4) is 0 Å². The van der Waals surface area contributed by atoms with E-state index in [-0.39, 0.29) is 10.9 Å². The predicted octanol–water partition coefficient (Wildman–Crippen LogP) is 0.569. The van der Waals surface area contributed by atoms with E-state index < -0.39 is 10.0 Å². The molecule has 0 spiro atoms. The van der Waals surface area contributed by atoms with Gasteiger partial charge in [-0.2, -0.15) is 5.10 Å². The van der Waals surface area contributed by atoms with Crippen molar-refractivity contribution in [2.45, 2.75) is 44.2 Å². The number of nitrogens with one attached hydrogen (secondary N) is 2. The number of aryl methyl sites for hydroxylation is 1. The molecule has 0 fully saturated rings. The summed E-state index contributed by atoms with van der Waals surface area (Å²) in [6.07, 6.45) is 4.64. The monoisotopic (exact) mass is 274 g/mol. The van der Waals surface area contributed by atoms with Crippen LogP contribution >= 0.6 is 0 Å². The van der Waals surface area contributed by atoms with E-state index in [0.717, 1.165) is 19.4 Å². The molecule has 0 aromatic carbocycles. The molecule has 7 heteroatoms. The van der Waals surface area contributed by atoms with E-state index in [2.05, 4.69) is 15.1 Å². The van der Waals surface area contributed by atoms with E-state index in [0.29, 0.717) is 6.54 Å². The van der Waals surface area contributed by atoms with E-state index >= 15 is 0 Å². The van der Waals surface area contributed by atoms with Crippen LogP contribution in [0.1, 0.15) is 26.7 Å². The first-order chi connectivity index (χ1) is 8.49. The van der Waals surface area contributed by atoms with Gasteiger partial charge in [-0.05, 0) is 33.4 Å². The van der Waals surface area contributed by atoms with Gasteiger partial charge in [-0.15, -0.1) is 0 Å². The predicted molar refractivity (Wildman–Crippen MR) is 70.8 cm³/mol. The third-order valence-corrected chi connectivity index (χ3v) is 4.25. The van der Waals surface area contributed by atoms with Gasteiger partial charge in [0.05, 0.1) is 6.20 Å². The molecule has 0 bridgehead atoms. The summed E-state index contributed by atoms with van der Waals surface area (Å²) in [5, 5.41) is 7.09. The normalized spacial score (nSPS) is 13.7. The highest BCUT2D eigenvalue weighted by atomic mass is 32.2. The summed E-state index contributed by atoms with van der Waals surface area (Å²) in [5.74, 6) is 0. The maximum Gasteiger partial charge on any atom is 0.243 e. The molecule has 0 radical (unpaired) electrons. The topological polar surface area (TPSA) is 76.0 Å². The summed E-state index contributed by atoms with van der Waals surface area (Å²) in [5.41, 5.74) is 0. The minimum Gasteiger partial charge on any atom is -0.320 e. The zero-order valence-electron chi connectivity index (χ0n) is 11.2. The number of hydrogen-bond donors (Lipinski definition) is 2. The maximum absolute atomic E-state index is 12.0. The second kappa shape index (κ2) is 6.86. The van der Waals surface area contributed by atoms with E-state index in [1.165, 1.54) is 6.20 Å². The molecule has 1 unspecified atom stereocenters. The summed E-state index contributed by atoms with van der Waals surface area (Å²) >= 11 is 0. The quantitative estimate of drug-likeness (QED) is 0.680. The fourth-order valence-corrected chi connectivity index (χ4v) is 2.72. The molecular weight excluding hydrogens is 252 g/mol. The van der Waals surface area contributed by atoms with Crippen molar-refractivity contribution in [2.75, 3.05) is 13.6 Å². The van der Waals surface area contributed by atoms with Crippen LogP contribution in [-0.2, 0) is 16.6 Å².